The number of anilines is 1. The van der Waals surface area contributed by atoms with Gasteiger partial charge in [0.2, 0.25) is 0 Å². The first-order chi connectivity index (χ1) is 21.1. The number of nitrogens with one attached hydrogen (secondary N) is 1. The van der Waals surface area contributed by atoms with Gasteiger partial charge in [-0.1, -0.05) is 11.6 Å². The number of ether oxygens (including phenoxy) is 1. The lowest BCUT2D eigenvalue weighted by atomic mass is 9.71. The van der Waals surface area contributed by atoms with E-state index < -0.39 is 74.1 Å². The maximum absolute atomic E-state index is 13.8. The van der Waals surface area contributed by atoms with Crippen LogP contribution in [0.15, 0.2) is 35.2 Å². The van der Waals surface area contributed by atoms with Crippen molar-refractivity contribution < 1.29 is 50.9 Å². The van der Waals surface area contributed by atoms with Crippen LogP contribution >= 0.6 is 11.6 Å². The highest BCUT2D eigenvalue weighted by molar-refractivity contribution is 7.92. The number of likely N-dealkylation sites (tertiary alicyclic amines) is 1. The number of carbonyl (C=O) groups excluding carboxylic acids is 3. The highest BCUT2D eigenvalue weighted by Gasteiger charge is 2.55. The van der Waals surface area contributed by atoms with E-state index in [2.05, 4.69) is 5.32 Å². The van der Waals surface area contributed by atoms with Gasteiger partial charge in [-0.2, -0.15) is 0 Å². The lowest BCUT2D eigenvalue weighted by molar-refractivity contribution is -0.126. The molecule has 3 N–H and O–H groups in total. The number of ketones is 1. The molecule has 0 radical (unpaired) electrons. The molecule has 1 aliphatic heterocycles. The number of methoxy groups -OCH3 is 1. The molecule has 3 unspecified atom stereocenters. The van der Waals surface area contributed by atoms with E-state index in [0.717, 1.165) is 6.07 Å². The number of aliphatic hydroxyl groups excluding tert-OH is 1. The van der Waals surface area contributed by atoms with Crippen molar-refractivity contribution in [2.45, 2.75) is 72.8 Å². The molecule has 0 spiro atoms. The van der Waals surface area contributed by atoms with Gasteiger partial charge in [-0.25, -0.2) is 26.4 Å². The first-order valence-corrected chi connectivity index (χ1v) is 16.3. The van der Waals surface area contributed by atoms with E-state index in [1.54, 1.807) is 0 Å². The largest absolute Gasteiger partial charge is 0.453 e. The van der Waals surface area contributed by atoms with Crippen LogP contribution in [0.25, 0.3) is 0 Å². The molecule has 0 aromatic heterocycles. The van der Waals surface area contributed by atoms with Crippen LogP contribution in [0.2, 0.25) is 5.02 Å². The third-order valence-corrected chi connectivity index (χ3v) is 12.0. The Labute approximate surface area is 262 Å². The van der Waals surface area contributed by atoms with Crippen LogP contribution in [0.4, 0.5) is 23.7 Å². The SMILES string of the molecule is COC(=O)N1C[C@H](O)C[C@H]1C(=O)CCC1(O)C2CC[C@H]1CC(S(=O)(=O)c1cc(C(=O)Nc3cc(F)c(F)c(F)c3)ccc1Cl)C2. The smallest absolute Gasteiger partial charge is 0.410 e. The lowest BCUT2D eigenvalue weighted by Crippen LogP contribution is -2.49. The van der Waals surface area contributed by atoms with Gasteiger partial charge in [0.15, 0.2) is 33.1 Å². The Bertz CT molecular complexity index is 1600. The van der Waals surface area contributed by atoms with Crippen molar-refractivity contribution >= 4 is 44.9 Å². The van der Waals surface area contributed by atoms with Crippen LogP contribution in [-0.2, 0) is 19.4 Å². The monoisotopic (exact) mass is 672 g/mol. The van der Waals surface area contributed by atoms with Gasteiger partial charge in [-0.05, 0) is 62.1 Å². The second kappa shape index (κ2) is 12.5. The number of nitrogens with zero attached hydrogens (tertiary/aromatic N) is 1. The van der Waals surface area contributed by atoms with Gasteiger partial charge < -0.3 is 20.3 Å². The van der Waals surface area contributed by atoms with E-state index in [-0.39, 0.29) is 65.6 Å². The van der Waals surface area contributed by atoms with Crippen LogP contribution in [-0.4, -0.2) is 78.0 Å². The van der Waals surface area contributed by atoms with Gasteiger partial charge in [-0.3, -0.25) is 14.5 Å². The first kappa shape index (κ1) is 33.2. The van der Waals surface area contributed by atoms with Crippen LogP contribution in [0.5, 0.6) is 0 Å². The number of sulfone groups is 1. The summed E-state index contributed by atoms with van der Waals surface area (Å²) in [4.78, 5) is 38.8. The number of Topliss-reactive ketones (excluding diaryl/α,β-unsaturated/α-hetero) is 1. The molecule has 10 nitrogen and oxygen atoms in total. The third kappa shape index (κ3) is 6.29. The van der Waals surface area contributed by atoms with E-state index >= 15 is 0 Å². The highest BCUT2D eigenvalue weighted by Crippen LogP contribution is 2.54. The molecule has 2 saturated carbocycles. The van der Waals surface area contributed by atoms with Crippen LogP contribution in [0, 0.1) is 29.3 Å². The van der Waals surface area contributed by atoms with Crippen molar-refractivity contribution in [3.05, 3.63) is 58.4 Å². The molecule has 2 aromatic rings. The summed E-state index contributed by atoms with van der Waals surface area (Å²) in [5, 5.41) is 22.8. The number of β-amino-alcohol motifs (C(OH)–C–C–N with tert-alkyl or cyclic N) is 1. The van der Waals surface area contributed by atoms with Gasteiger partial charge in [-0.15, -0.1) is 0 Å². The summed E-state index contributed by atoms with van der Waals surface area (Å²) in [7, 11) is -2.95. The van der Waals surface area contributed by atoms with Crippen molar-refractivity contribution in [3.8, 4) is 0 Å². The summed E-state index contributed by atoms with van der Waals surface area (Å²) >= 11 is 6.28. The molecule has 3 fully saturated rings. The maximum atomic E-state index is 13.8. The molecule has 1 heterocycles. The lowest BCUT2D eigenvalue weighted by Gasteiger charge is -2.42. The van der Waals surface area contributed by atoms with E-state index in [4.69, 9.17) is 16.3 Å². The number of amides is 2. The molecule has 3 aliphatic rings. The quantitative estimate of drug-likeness (QED) is 0.352. The number of fused-ring (bicyclic) bond motifs is 2. The molecular formula is C30H32ClF3N2O8S. The average molecular weight is 673 g/mol. The standard InChI is InChI=1S/C30H32ClF3N2O8S/c1-44-29(40)36-14-19(37)13-24(36)25(38)6-7-30(41)16-3-4-17(30)10-20(9-16)45(42,43)26-8-15(2-5-21(26)31)28(39)35-18-11-22(32)27(34)23(33)12-18/h2,5,8,11-12,16-17,19-20,24,37,41H,3-4,6-7,9-10,13-14H2,1H3,(H,35,39)/t16-,17?,19+,20?,24-,30?/m0/s1. The number of hydrogen-bond acceptors (Lipinski definition) is 8. The number of carbonyl (C=O) groups is 3. The highest BCUT2D eigenvalue weighted by atomic mass is 35.5. The fourth-order valence-corrected chi connectivity index (χ4v) is 9.47. The Morgan fingerprint density at radius 2 is 1.69 bits per heavy atom. The van der Waals surface area contributed by atoms with Crippen LogP contribution in [0.1, 0.15) is 55.3 Å². The second-order valence-corrected chi connectivity index (χ2v) is 14.6. The van der Waals surface area contributed by atoms with Crippen molar-refractivity contribution in [3.63, 3.8) is 0 Å². The van der Waals surface area contributed by atoms with Crippen molar-refractivity contribution in [1.82, 2.24) is 4.90 Å². The fourth-order valence-electron chi connectivity index (χ4n) is 7.07. The molecule has 1 saturated heterocycles. The zero-order chi connectivity index (χ0) is 32.8. The van der Waals surface area contributed by atoms with Crippen LogP contribution < -0.4 is 5.32 Å². The molecule has 5 rings (SSSR count). The topological polar surface area (TPSA) is 150 Å². The Kier molecular flexibility index (Phi) is 9.24. The van der Waals surface area contributed by atoms with Gasteiger partial charge >= 0.3 is 6.09 Å². The van der Waals surface area contributed by atoms with Gasteiger partial charge in [0, 0.05) is 36.2 Å². The van der Waals surface area contributed by atoms with Crippen molar-refractivity contribution in [2.75, 3.05) is 19.0 Å². The summed E-state index contributed by atoms with van der Waals surface area (Å²) in [5.74, 6) is -6.84. The maximum Gasteiger partial charge on any atom is 0.410 e. The molecule has 244 valence electrons. The Balaban J connectivity index is 1.29. The molecule has 15 heteroatoms. The summed E-state index contributed by atoms with van der Waals surface area (Å²) < 4.78 is 72.9. The molecule has 2 aromatic carbocycles. The predicted octanol–water partition coefficient (Wildman–Crippen LogP) is 4.25. The molecular weight excluding hydrogens is 641 g/mol. The average Bonchev–Trinajstić information content (AvgIpc) is 3.42. The van der Waals surface area contributed by atoms with E-state index in [1.807, 2.05) is 0 Å². The van der Waals surface area contributed by atoms with Crippen molar-refractivity contribution in [1.29, 1.82) is 0 Å². The van der Waals surface area contributed by atoms with E-state index in [1.165, 1.54) is 24.1 Å². The number of benzene rings is 2. The number of halogens is 4. The van der Waals surface area contributed by atoms with Crippen LogP contribution in [0.3, 0.4) is 0 Å². The summed E-state index contributed by atoms with van der Waals surface area (Å²) in [6.45, 7) is -0.0348. The number of aliphatic hydroxyl groups is 2. The minimum Gasteiger partial charge on any atom is -0.453 e. The Morgan fingerprint density at radius 1 is 1.07 bits per heavy atom. The molecule has 6 atom stereocenters. The number of rotatable bonds is 8. The Hall–Kier alpha value is -3.20. The first-order valence-electron chi connectivity index (χ1n) is 14.4. The zero-order valence-electron chi connectivity index (χ0n) is 24.1. The number of hydrogen-bond donors (Lipinski definition) is 3. The van der Waals surface area contributed by atoms with E-state index in [0.29, 0.717) is 25.0 Å². The molecule has 45 heavy (non-hydrogen) atoms. The minimum absolute atomic E-state index is 0.0348. The summed E-state index contributed by atoms with van der Waals surface area (Å²) in [5.41, 5.74) is -1.85. The second-order valence-electron chi connectivity index (χ2n) is 11.9. The third-order valence-electron chi connectivity index (χ3n) is 9.38. The summed E-state index contributed by atoms with van der Waals surface area (Å²) in [6, 6.07) is 3.81. The summed E-state index contributed by atoms with van der Waals surface area (Å²) in [6.07, 6.45) is -0.294. The normalized spacial score (nSPS) is 27.8. The van der Waals surface area contributed by atoms with Gasteiger partial charge in [0.1, 0.15) is 0 Å². The molecule has 2 bridgehead atoms. The zero-order valence-corrected chi connectivity index (χ0v) is 25.7. The Morgan fingerprint density at radius 3 is 2.29 bits per heavy atom. The minimum atomic E-state index is -4.13. The van der Waals surface area contributed by atoms with Gasteiger partial charge in [0.05, 0.1) is 46.6 Å². The van der Waals surface area contributed by atoms with E-state index in [9.17, 15) is 46.2 Å². The molecule has 2 amide bonds. The molecule has 2 aliphatic carbocycles. The fraction of sp³-hybridized carbons (Fsp3) is 0.500. The van der Waals surface area contributed by atoms with Crippen molar-refractivity contribution in [2.24, 2.45) is 11.8 Å². The predicted molar refractivity (Wildman–Crippen MR) is 155 cm³/mol. The van der Waals surface area contributed by atoms with Gasteiger partial charge in [0.25, 0.3) is 5.91 Å².